The van der Waals surface area contributed by atoms with Gasteiger partial charge in [0.15, 0.2) is 5.76 Å². The maximum absolute atomic E-state index is 10.5. The van der Waals surface area contributed by atoms with E-state index in [0.29, 0.717) is 10.9 Å². The van der Waals surface area contributed by atoms with E-state index in [1.807, 2.05) is 0 Å². The molecule has 1 heterocycles. The molecule has 0 atom stereocenters. The van der Waals surface area contributed by atoms with Gasteiger partial charge in [0.2, 0.25) is 0 Å². The first-order valence-electron chi connectivity index (χ1n) is 3.83. The van der Waals surface area contributed by atoms with Gasteiger partial charge in [-0.2, -0.15) is 0 Å². The fraction of sp³-hybridized carbons (Fsp3) is 0.125. The van der Waals surface area contributed by atoms with E-state index in [4.69, 9.17) is 4.52 Å². The second kappa shape index (κ2) is 4.63. The molecule has 0 unspecified atom stereocenters. The van der Waals surface area contributed by atoms with Crippen LogP contribution in [0.2, 0.25) is 0 Å². The van der Waals surface area contributed by atoms with E-state index < -0.39 is 15.9 Å². The third-order valence-electron chi connectivity index (χ3n) is 1.77. The Kier molecular flexibility index (Phi) is 3.91. The molecule has 0 saturated carbocycles. The van der Waals surface area contributed by atoms with Crippen LogP contribution in [0.4, 0.5) is 0 Å². The molecule has 0 aliphatic heterocycles. The molecule has 0 aliphatic rings. The molecule has 1 aromatic carbocycles. The van der Waals surface area contributed by atoms with Crippen molar-refractivity contribution in [3.8, 4) is 0 Å². The molecule has 0 saturated heterocycles. The Bertz CT molecular complexity index is 563. The van der Waals surface area contributed by atoms with Gasteiger partial charge in [-0.3, -0.25) is 0 Å². The molecule has 7 heteroatoms. The Morgan fingerprint density at radius 2 is 2.00 bits per heavy atom. The normalized spacial score (nSPS) is 11.3. The van der Waals surface area contributed by atoms with Gasteiger partial charge in [0.25, 0.3) is 0 Å². The van der Waals surface area contributed by atoms with Crippen LogP contribution in [0.1, 0.15) is 5.76 Å². The average molecular weight is 235 g/mol. The first kappa shape index (κ1) is 12.7. The number of aromatic nitrogens is 1. The molecule has 0 aliphatic carbocycles. The fourth-order valence-electron chi connectivity index (χ4n) is 1.21. The van der Waals surface area contributed by atoms with E-state index in [1.165, 1.54) is 0 Å². The van der Waals surface area contributed by atoms with Crippen LogP contribution < -0.4 is 29.6 Å². The Balaban J connectivity index is 0.00000112. The molecule has 0 N–H and O–H groups in total. The monoisotopic (exact) mass is 235 g/mol. The topological polar surface area (TPSA) is 83.2 Å². The average Bonchev–Trinajstić information content (AvgIpc) is 2.47. The predicted molar refractivity (Wildman–Crippen MR) is 47.4 cm³/mol. The van der Waals surface area contributed by atoms with Crippen molar-refractivity contribution in [2.75, 3.05) is 0 Å². The van der Waals surface area contributed by atoms with Crippen molar-refractivity contribution >= 4 is 21.0 Å². The van der Waals surface area contributed by atoms with Crippen molar-refractivity contribution in [2.24, 2.45) is 0 Å². The molecular formula is C8H6NNaO4S. The summed E-state index contributed by atoms with van der Waals surface area (Å²) in [5.74, 6) is -0.566. The first-order valence-corrected chi connectivity index (χ1v) is 5.41. The van der Waals surface area contributed by atoms with Crippen LogP contribution in [0.5, 0.6) is 0 Å². The van der Waals surface area contributed by atoms with Crippen LogP contribution in [0, 0.1) is 0 Å². The van der Waals surface area contributed by atoms with Crippen molar-refractivity contribution in [1.82, 2.24) is 5.16 Å². The third kappa shape index (κ3) is 3.02. The molecule has 0 radical (unpaired) electrons. The quantitative estimate of drug-likeness (QED) is 0.439. The number of hydrogen-bond donors (Lipinski definition) is 0. The van der Waals surface area contributed by atoms with E-state index in [1.54, 1.807) is 24.3 Å². The van der Waals surface area contributed by atoms with E-state index >= 15 is 0 Å². The van der Waals surface area contributed by atoms with Gasteiger partial charge in [-0.15, -0.1) is 0 Å². The zero-order valence-electron chi connectivity index (χ0n) is 8.00. The van der Waals surface area contributed by atoms with Crippen LogP contribution >= 0.6 is 0 Å². The molecule has 0 fully saturated rings. The molecule has 0 bridgehead atoms. The second-order valence-electron chi connectivity index (χ2n) is 2.82. The van der Waals surface area contributed by atoms with Gasteiger partial charge in [-0.05, 0) is 12.1 Å². The van der Waals surface area contributed by atoms with Gasteiger partial charge in [0.05, 0.1) is 5.75 Å². The Labute approximate surface area is 108 Å². The van der Waals surface area contributed by atoms with Crippen molar-refractivity contribution in [3.05, 3.63) is 30.0 Å². The molecule has 0 amide bonds. The Morgan fingerprint density at radius 3 is 2.67 bits per heavy atom. The van der Waals surface area contributed by atoms with Crippen LogP contribution in [-0.2, 0) is 15.9 Å². The van der Waals surface area contributed by atoms with Gasteiger partial charge in [-0.1, -0.05) is 17.3 Å². The van der Waals surface area contributed by atoms with Gasteiger partial charge in [-0.25, -0.2) is 8.42 Å². The van der Waals surface area contributed by atoms with Crippen molar-refractivity contribution < 1.29 is 47.1 Å². The molecular weight excluding hydrogens is 229 g/mol. The maximum Gasteiger partial charge on any atom is 1.00 e. The summed E-state index contributed by atoms with van der Waals surface area (Å²) in [7, 11) is -4.32. The predicted octanol–water partition coefficient (Wildman–Crippen LogP) is -2.12. The standard InChI is InChI=1S/C8H7NO4S.Na/c10-14(11,12)5-8-6-3-1-2-4-7(6)9-13-8;/h1-4H,5H2,(H,10,11,12);/q;+1/p-1. The minimum atomic E-state index is -4.32. The second-order valence-corrected chi connectivity index (χ2v) is 4.23. The third-order valence-corrected chi connectivity index (χ3v) is 2.38. The number of fused-ring (bicyclic) bond motifs is 1. The van der Waals surface area contributed by atoms with Crippen LogP contribution in [-0.4, -0.2) is 18.1 Å². The molecule has 15 heavy (non-hydrogen) atoms. The van der Waals surface area contributed by atoms with Crippen molar-refractivity contribution in [1.29, 1.82) is 0 Å². The summed E-state index contributed by atoms with van der Waals surface area (Å²) in [6, 6.07) is 6.81. The van der Waals surface area contributed by atoms with E-state index in [2.05, 4.69) is 5.16 Å². The number of rotatable bonds is 2. The van der Waals surface area contributed by atoms with Gasteiger partial charge in [0.1, 0.15) is 15.6 Å². The molecule has 74 valence electrons. The summed E-state index contributed by atoms with van der Waals surface area (Å²) in [6.07, 6.45) is 0. The molecule has 2 aromatic rings. The van der Waals surface area contributed by atoms with Crippen molar-refractivity contribution in [2.45, 2.75) is 5.75 Å². The molecule has 0 spiro atoms. The zero-order valence-corrected chi connectivity index (χ0v) is 10.8. The molecule has 5 nitrogen and oxygen atoms in total. The largest absolute Gasteiger partial charge is 1.00 e. The van der Waals surface area contributed by atoms with Crippen LogP contribution in [0.15, 0.2) is 28.8 Å². The van der Waals surface area contributed by atoms with E-state index in [-0.39, 0.29) is 35.3 Å². The van der Waals surface area contributed by atoms with E-state index in [9.17, 15) is 13.0 Å². The maximum atomic E-state index is 10.5. The minimum Gasteiger partial charge on any atom is -0.748 e. The minimum absolute atomic E-state index is 0. The Morgan fingerprint density at radius 1 is 1.33 bits per heavy atom. The molecule has 1 aromatic heterocycles. The van der Waals surface area contributed by atoms with Gasteiger partial charge < -0.3 is 9.08 Å². The van der Waals surface area contributed by atoms with Crippen LogP contribution in [0.25, 0.3) is 10.9 Å². The smallest absolute Gasteiger partial charge is 0.748 e. The first-order chi connectivity index (χ1) is 6.56. The number of hydrogen-bond acceptors (Lipinski definition) is 5. The fourth-order valence-corrected chi connectivity index (χ4v) is 1.74. The summed E-state index contributed by atoms with van der Waals surface area (Å²) >= 11 is 0. The Hall–Kier alpha value is -0.400. The molecule has 2 rings (SSSR count). The summed E-state index contributed by atoms with van der Waals surface area (Å²) in [4.78, 5) is 0. The van der Waals surface area contributed by atoms with Crippen molar-refractivity contribution in [3.63, 3.8) is 0 Å². The zero-order chi connectivity index (χ0) is 10.2. The summed E-state index contributed by atoms with van der Waals surface area (Å²) in [6.45, 7) is 0. The summed E-state index contributed by atoms with van der Waals surface area (Å²) in [5, 5.41) is 4.19. The van der Waals surface area contributed by atoms with Gasteiger partial charge >= 0.3 is 29.6 Å². The number of benzene rings is 1. The van der Waals surface area contributed by atoms with Crippen LogP contribution in [0.3, 0.4) is 0 Å². The SMILES string of the molecule is O=S(=O)([O-])Cc1onc2ccccc12.[Na+]. The van der Waals surface area contributed by atoms with E-state index in [0.717, 1.165) is 0 Å². The summed E-state index contributed by atoms with van der Waals surface area (Å²) in [5.41, 5.74) is 0.547. The number of nitrogens with zero attached hydrogens (tertiary/aromatic N) is 1. The summed E-state index contributed by atoms with van der Waals surface area (Å²) < 4.78 is 36.3. The van der Waals surface area contributed by atoms with Gasteiger partial charge in [0, 0.05) is 5.39 Å².